The molecule has 7 N–H and O–H groups in total. The largest absolute Gasteiger partial charge is 0.506 e. The Morgan fingerprint density at radius 1 is 1.05 bits per heavy atom. The Labute approximate surface area is 231 Å². The minimum Gasteiger partial charge on any atom is -0.506 e. The van der Waals surface area contributed by atoms with Gasteiger partial charge in [0.05, 0.1) is 24.5 Å². The van der Waals surface area contributed by atoms with Crippen LogP contribution in [0, 0.1) is 5.92 Å². The number of amides is 1. The van der Waals surface area contributed by atoms with Gasteiger partial charge in [-0.1, -0.05) is 6.07 Å². The number of aromatic hydroxyl groups is 1. The molecule has 218 valence electrons. The highest BCUT2D eigenvalue weighted by molar-refractivity contribution is 7.92. The van der Waals surface area contributed by atoms with E-state index in [2.05, 4.69) is 20.3 Å². The number of sulfonamides is 1. The zero-order valence-corrected chi connectivity index (χ0v) is 22.7. The fraction of sp³-hybridized carbons (Fsp3) is 0.423. The van der Waals surface area contributed by atoms with Crippen LogP contribution in [-0.4, -0.2) is 85.2 Å². The molecular formula is C26H34N4O9S. The van der Waals surface area contributed by atoms with Crippen LogP contribution in [0.4, 0.5) is 11.4 Å². The molecule has 0 spiro atoms. The molecule has 1 heterocycles. The number of piperidine rings is 1. The van der Waals surface area contributed by atoms with Gasteiger partial charge < -0.3 is 36.0 Å². The van der Waals surface area contributed by atoms with E-state index in [1.54, 1.807) is 24.3 Å². The molecule has 1 aliphatic rings. The van der Waals surface area contributed by atoms with E-state index < -0.39 is 46.4 Å². The number of carboxylic acid groups (broad SMARTS) is 2. The van der Waals surface area contributed by atoms with Gasteiger partial charge in [0.2, 0.25) is 10.0 Å². The van der Waals surface area contributed by atoms with E-state index in [9.17, 15) is 33.0 Å². The predicted octanol–water partition coefficient (Wildman–Crippen LogP) is 0.961. The average Bonchev–Trinajstić information content (AvgIpc) is 2.89. The smallest absolute Gasteiger partial charge is 0.326 e. The Morgan fingerprint density at radius 3 is 2.27 bits per heavy atom. The lowest BCUT2D eigenvalue weighted by Crippen LogP contribution is -2.42. The van der Waals surface area contributed by atoms with Crippen LogP contribution >= 0.6 is 0 Å². The summed E-state index contributed by atoms with van der Waals surface area (Å²) in [6.07, 6.45) is 1.14. The number of anilines is 2. The Kier molecular flexibility index (Phi) is 10.3. The number of aliphatic carboxylic acids is 2. The quantitative estimate of drug-likeness (QED) is 0.167. The van der Waals surface area contributed by atoms with Gasteiger partial charge in [0, 0.05) is 30.9 Å². The van der Waals surface area contributed by atoms with Gasteiger partial charge >= 0.3 is 11.9 Å². The third-order valence-corrected chi connectivity index (χ3v) is 7.15. The van der Waals surface area contributed by atoms with E-state index in [1.807, 2.05) is 0 Å². The zero-order valence-electron chi connectivity index (χ0n) is 21.9. The van der Waals surface area contributed by atoms with Gasteiger partial charge in [0.15, 0.2) is 0 Å². The molecule has 2 aromatic carbocycles. The minimum atomic E-state index is -3.58. The second kappa shape index (κ2) is 13.5. The topological polar surface area (TPSA) is 206 Å². The van der Waals surface area contributed by atoms with Crippen LogP contribution in [0.25, 0.3) is 0 Å². The number of aliphatic hydroxyl groups is 1. The van der Waals surface area contributed by atoms with Crippen molar-refractivity contribution in [2.75, 3.05) is 42.1 Å². The number of hydrogen-bond donors (Lipinski definition) is 7. The van der Waals surface area contributed by atoms with Crippen molar-refractivity contribution in [1.82, 2.24) is 10.6 Å². The van der Waals surface area contributed by atoms with Gasteiger partial charge in [0.25, 0.3) is 5.91 Å². The molecule has 13 nitrogen and oxygen atoms in total. The molecule has 1 fully saturated rings. The van der Waals surface area contributed by atoms with E-state index in [1.165, 1.54) is 18.2 Å². The first-order valence-electron chi connectivity index (χ1n) is 12.6. The van der Waals surface area contributed by atoms with E-state index in [0.29, 0.717) is 18.0 Å². The maximum absolute atomic E-state index is 12.4. The van der Waals surface area contributed by atoms with Gasteiger partial charge in [-0.3, -0.25) is 14.3 Å². The molecule has 3 rings (SSSR count). The summed E-state index contributed by atoms with van der Waals surface area (Å²) < 4.78 is 25.2. The number of hydrogen-bond acceptors (Lipinski definition) is 9. The van der Waals surface area contributed by atoms with Crippen LogP contribution in [0.5, 0.6) is 5.75 Å². The maximum Gasteiger partial charge on any atom is 0.326 e. The Balaban J connectivity index is 1.45. The van der Waals surface area contributed by atoms with E-state index in [0.717, 1.165) is 37.9 Å². The second-order valence-electron chi connectivity index (χ2n) is 9.76. The fourth-order valence-electron chi connectivity index (χ4n) is 4.42. The summed E-state index contributed by atoms with van der Waals surface area (Å²) in [5.41, 5.74) is 1.60. The third-order valence-electron chi connectivity index (χ3n) is 6.56. The summed E-state index contributed by atoms with van der Waals surface area (Å²) in [5, 5.41) is 43.8. The van der Waals surface area contributed by atoms with Crippen LogP contribution in [0.1, 0.15) is 41.3 Å². The van der Waals surface area contributed by atoms with Crippen molar-refractivity contribution in [1.29, 1.82) is 0 Å². The summed E-state index contributed by atoms with van der Waals surface area (Å²) >= 11 is 0. The zero-order chi connectivity index (χ0) is 29.4. The summed E-state index contributed by atoms with van der Waals surface area (Å²) in [5.74, 6) is -3.27. The molecule has 1 saturated heterocycles. The van der Waals surface area contributed by atoms with Crippen LogP contribution in [0.3, 0.4) is 0 Å². The highest BCUT2D eigenvalue weighted by Crippen LogP contribution is 2.28. The van der Waals surface area contributed by atoms with Crippen LogP contribution in [0.15, 0.2) is 42.5 Å². The number of carbonyl (C=O) groups is 3. The highest BCUT2D eigenvalue weighted by Gasteiger charge is 2.24. The Bertz CT molecular complexity index is 1310. The number of nitrogens with zero attached hydrogens (tertiary/aromatic N) is 1. The lowest BCUT2D eigenvalue weighted by atomic mass is 9.96. The van der Waals surface area contributed by atoms with Crippen LogP contribution in [0.2, 0.25) is 0 Å². The number of carboxylic acids is 2. The van der Waals surface area contributed by atoms with Crippen molar-refractivity contribution >= 4 is 39.2 Å². The summed E-state index contributed by atoms with van der Waals surface area (Å²) in [6.45, 7) is 2.48. The van der Waals surface area contributed by atoms with Crippen molar-refractivity contribution in [3.63, 3.8) is 0 Å². The molecule has 0 aromatic heterocycles. The molecule has 0 aliphatic carbocycles. The first-order chi connectivity index (χ1) is 18.8. The number of rotatable bonds is 13. The summed E-state index contributed by atoms with van der Waals surface area (Å²) in [4.78, 5) is 36.5. The number of benzene rings is 2. The first-order valence-corrected chi connectivity index (χ1v) is 14.5. The highest BCUT2D eigenvalue weighted by atomic mass is 32.2. The SMILES string of the molecule is CS(=O)(=O)Nc1cc(C(O)CNCC2CCN(c3ccc(C(=O)N[C@@H](CC(=O)O)C(=O)O)cc3)CC2)ccc1O. The first kappa shape index (κ1) is 30.7. The number of phenols is 1. The third kappa shape index (κ3) is 9.10. The van der Waals surface area contributed by atoms with Gasteiger partial charge in [-0.25, -0.2) is 13.2 Å². The number of phenolic OH excluding ortho intramolecular Hbond substituents is 1. The minimum absolute atomic E-state index is 0.00252. The van der Waals surface area contributed by atoms with Crippen LogP contribution < -0.4 is 20.3 Å². The average molecular weight is 579 g/mol. The Morgan fingerprint density at radius 2 is 1.70 bits per heavy atom. The van der Waals surface area contributed by atoms with E-state index in [-0.39, 0.29) is 23.5 Å². The molecule has 1 amide bonds. The fourth-order valence-corrected chi connectivity index (χ4v) is 4.98. The second-order valence-corrected chi connectivity index (χ2v) is 11.5. The van der Waals surface area contributed by atoms with E-state index >= 15 is 0 Å². The molecule has 14 heteroatoms. The lowest BCUT2D eigenvalue weighted by molar-refractivity contribution is -0.145. The molecule has 2 atom stereocenters. The van der Waals surface area contributed by atoms with Crippen molar-refractivity contribution in [3.8, 4) is 5.75 Å². The van der Waals surface area contributed by atoms with Crippen molar-refractivity contribution in [2.45, 2.75) is 31.4 Å². The van der Waals surface area contributed by atoms with Crippen molar-refractivity contribution < 1.29 is 43.2 Å². The molecule has 1 unspecified atom stereocenters. The number of nitrogens with one attached hydrogen (secondary N) is 3. The molecule has 1 aliphatic heterocycles. The summed E-state index contributed by atoms with van der Waals surface area (Å²) in [7, 11) is -3.58. The van der Waals surface area contributed by atoms with Crippen molar-refractivity contribution in [2.24, 2.45) is 5.92 Å². The number of carbonyl (C=O) groups excluding carboxylic acids is 1. The molecule has 0 radical (unpaired) electrons. The molecular weight excluding hydrogens is 544 g/mol. The van der Waals surface area contributed by atoms with Gasteiger partial charge in [-0.2, -0.15) is 0 Å². The maximum atomic E-state index is 12.4. The van der Waals surface area contributed by atoms with Crippen molar-refractivity contribution in [3.05, 3.63) is 53.6 Å². The normalized spacial score (nSPS) is 15.7. The standard InChI is InChI=1S/C26H34N4O9S/c1-40(38,39)29-20-12-18(4-7-22(20)31)23(32)15-27-14-16-8-10-30(11-9-16)19-5-2-17(3-6-19)25(35)28-21(26(36)37)13-24(33)34/h2-7,12,16,21,23,27,29,31-32H,8-11,13-15H2,1H3,(H,28,35)(H,33,34)(H,36,37)/t21-,23?/m0/s1. The van der Waals surface area contributed by atoms with Gasteiger partial charge in [-0.15, -0.1) is 0 Å². The monoisotopic (exact) mass is 578 g/mol. The molecule has 40 heavy (non-hydrogen) atoms. The number of aliphatic hydroxyl groups excluding tert-OH is 1. The Hall–Kier alpha value is -3.88. The lowest BCUT2D eigenvalue weighted by Gasteiger charge is -2.34. The molecule has 0 bridgehead atoms. The van der Waals surface area contributed by atoms with Gasteiger partial charge in [-0.05, 0) is 67.3 Å². The molecule has 0 saturated carbocycles. The predicted molar refractivity (Wildman–Crippen MR) is 147 cm³/mol. The molecule has 2 aromatic rings. The van der Waals surface area contributed by atoms with Crippen LogP contribution in [-0.2, 0) is 19.6 Å². The van der Waals surface area contributed by atoms with E-state index in [4.69, 9.17) is 10.2 Å². The van der Waals surface area contributed by atoms with Gasteiger partial charge in [0.1, 0.15) is 11.8 Å². The summed E-state index contributed by atoms with van der Waals surface area (Å²) in [6, 6.07) is 9.41.